The lowest BCUT2D eigenvalue weighted by Gasteiger charge is -2.28. The molecule has 2 unspecified atom stereocenters. The molecule has 0 bridgehead atoms. The topological polar surface area (TPSA) is 71.1 Å². The highest BCUT2D eigenvalue weighted by molar-refractivity contribution is 5.60. The van der Waals surface area contributed by atoms with Gasteiger partial charge >= 0.3 is 12.3 Å². The molecule has 0 N–H and O–H groups in total. The van der Waals surface area contributed by atoms with Gasteiger partial charge in [-0.05, 0) is 37.5 Å². The average Bonchev–Trinajstić information content (AvgIpc) is 2.56. The average molecular weight is 373 g/mol. The summed E-state index contributed by atoms with van der Waals surface area (Å²) in [5.41, 5.74) is 0. The van der Waals surface area contributed by atoms with Crippen LogP contribution in [0.25, 0.3) is 0 Å². The predicted octanol–water partition coefficient (Wildman–Crippen LogP) is 5.48. The van der Waals surface area contributed by atoms with Crippen LogP contribution in [-0.4, -0.2) is 37.7 Å². The van der Waals surface area contributed by atoms with Gasteiger partial charge < -0.3 is 18.9 Å². The quantitative estimate of drug-likeness (QED) is 0.374. The second-order valence-corrected chi connectivity index (χ2v) is 7.94. The van der Waals surface area contributed by atoms with Gasteiger partial charge in [-0.3, -0.25) is 0 Å². The zero-order valence-electron chi connectivity index (χ0n) is 16.8. The highest BCUT2D eigenvalue weighted by Gasteiger charge is 2.28. The van der Waals surface area contributed by atoms with Crippen molar-refractivity contribution in [2.75, 3.05) is 13.2 Å². The molecule has 0 aromatic heterocycles. The first-order chi connectivity index (χ1) is 12.4. The first-order valence-corrected chi connectivity index (χ1v) is 10.0. The number of hydrogen-bond acceptors (Lipinski definition) is 6. The molecule has 1 saturated carbocycles. The van der Waals surface area contributed by atoms with Crippen LogP contribution < -0.4 is 0 Å². The lowest BCUT2D eigenvalue weighted by atomic mass is 9.95. The Morgan fingerprint density at radius 2 is 1.46 bits per heavy atom. The first-order valence-electron chi connectivity index (χ1n) is 10.0. The molecule has 0 amide bonds. The number of carbonyl (C=O) groups excluding carboxylic acids is 2. The number of hydrogen-bond donors (Lipinski definition) is 0. The summed E-state index contributed by atoms with van der Waals surface area (Å²) in [6.07, 6.45) is 5.36. The van der Waals surface area contributed by atoms with E-state index in [0.29, 0.717) is 25.6 Å². The molecule has 1 aliphatic rings. The maximum Gasteiger partial charge on any atom is 0.508 e. The number of ether oxygens (including phenoxy) is 4. The van der Waals surface area contributed by atoms with Crippen molar-refractivity contribution in [1.29, 1.82) is 0 Å². The van der Waals surface area contributed by atoms with Crippen molar-refractivity contribution in [3.8, 4) is 0 Å². The zero-order chi connectivity index (χ0) is 19.4. The van der Waals surface area contributed by atoms with Crippen LogP contribution in [0.1, 0.15) is 79.1 Å². The minimum atomic E-state index is -0.645. The smallest absolute Gasteiger partial charge is 0.434 e. The van der Waals surface area contributed by atoms with Gasteiger partial charge in [0.05, 0.1) is 13.2 Å². The molecule has 0 aliphatic heterocycles. The molecule has 1 rings (SSSR count). The molecular formula is C20H36O6. The lowest BCUT2D eigenvalue weighted by molar-refractivity contribution is -0.0365. The maximum absolute atomic E-state index is 11.8. The van der Waals surface area contributed by atoms with Crippen LogP contribution in [0.4, 0.5) is 9.59 Å². The van der Waals surface area contributed by atoms with Gasteiger partial charge in [0.1, 0.15) is 12.2 Å². The van der Waals surface area contributed by atoms with E-state index in [1.807, 2.05) is 13.8 Å². The van der Waals surface area contributed by atoms with Crippen molar-refractivity contribution in [1.82, 2.24) is 0 Å². The third kappa shape index (κ3) is 11.2. The van der Waals surface area contributed by atoms with Gasteiger partial charge in [-0.1, -0.05) is 47.0 Å². The summed E-state index contributed by atoms with van der Waals surface area (Å²) in [6, 6.07) is 0. The van der Waals surface area contributed by atoms with Gasteiger partial charge in [-0.25, -0.2) is 9.59 Å². The van der Waals surface area contributed by atoms with Gasteiger partial charge in [0, 0.05) is 6.42 Å². The molecule has 0 heterocycles. The summed E-state index contributed by atoms with van der Waals surface area (Å²) < 4.78 is 20.8. The van der Waals surface area contributed by atoms with Crippen molar-refractivity contribution < 1.29 is 28.5 Å². The molecule has 6 heteroatoms. The van der Waals surface area contributed by atoms with Crippen LogP contribution in [-0.2, 0) is 18.9 Å². The zero-order valence-corrected chi connectivity index (χ0v) is 16.8. The summed E-state index contributed by atoms with van der Waals surface area (Å²) in [6.45, 7) is 9.08. The van der Waals surface area contributed by atoms with E-state index in [1.165, 1.54) is 6.42 Å². The largest absolute Gasteiger partial charge is 0.508 e. The maximum atomic E-state index is 11.8. The molecule has 2 atom stereocenters. The highest BCUT2D eigenvalue weighted by atomic mass is 16.7. The van der Waals surface area contributed by atoms with Gasteiger partial charge in [0.15, 0.2) is 0 Å². The summed E-state index contributed by atoms with van der Waals surface area (Å²) >= 11 is 0. The Morgan fingerprint density at radius 1 is 0.846 bits per heavy atom. The van der Waals surface area contributed by atoms with Crippen molar-refractivity contribution in [3.63, 3.8) is 0 Å². The Bertz CT molecular complexity index is 407. The van der Waals surface area contributed by atoms with Crippen LogP contribution in [0, 0.1) is 11.8 Å². The number of unbranched alkanes of at least 4 members (excludes halogenated alkanes) is 2. The van der Waals surface area contributed by atoms with E-state index in [4.69, 9.17) is 18.9 Å². The molecule has 26 heavy (non-hydrogen) atoms. The minimum Gasteiger partial charge on any atom is -0.434 e. The molecular weight excluding hydrogens is 336 g/mol. The number of rotatable bonds is 10. The van der Waals surface area contributed by atoms with Crippen molar-refractivity contribution in [3.05, 3.63) is 0 Å². The van der Waals surface area contributed by atoms with Crippen molar-refractivity contribution >= 4 is 12.3 Å². The fourth-order valence-electron chi connectivity index (χ4n) is 2.88. The number of carbonyl (C=O) groups is 2. The van der Waals surface area contributed by atoms with Gasteiger partial charge in [0.25, 0.3) is 0 Å². The van der Waals surface area contributed by atoms with Gasteiger partial charge in [-0.2, -0.15) is 0 Å². The summed E-state index contributed by atoms with van der Waals surface area (Å²) in [7, 11) is 0. The third-order valence-corrected chi connectivity index (χ3v) is 4.28. The first kappa shape index (κ1) is 22.6. The Labute approximate surface area is 157 Å². The lowest BCUT2D eigenvalue weighted by Crippen LogP contribution is -2.32. The molecule has 0 radical (unpaired) electrons. The van der Waals surface area contributed by atoms with E-state index in [2.05, 4.69) is 13.8 Å². The van der Waals surface area contributed by atoms with Crippen molar-refractivity contribution in [2.45, 2.75) is 91.3 Å². The second-order valence-electron chi connectivity index (χ2n) is 7.94. The van der Waals surface area contributed by atoms with Crippen LogP contribution in [0.15, 0.2) is 0 Å². The molecule has 0 saturated heterocycles. The fraction of sp³-hybridized carbons (Fsp3) is 0.900. The highest BCUT2D eigenvalue weighted by Crippen LogP contribution is 2.24. The van der Waals surface area contributed by atoms with E-state index >= 15 is 0 Å². The third-order valence-electron chi connectivity index (χ3n) is 4.28. The SMILES string of the molecule is CC(C)CCCCCOC(=O)OC1CCCC(OC(=O)OCC(C)C)C1. The van der Waals surface area contributed by atoms with E-state index in [-0.39, 0.29) is 18.1 Å². The van der Waals surface area contributed by atoms with E-state index in [0.717, 1.165) is 38.5 Å². The molecule has 0 aromatic carbocycles. The monoisotopic (exact) mass is 372 g/mol. The second kappa shape index (κ2) is 12.8. The normalized spacial score (nSPS) is 20.1. The van der Waals surface area contributed by atoms with Crippen LogP contribution in [0.2, 0.25) is 0 Å². The van der Waals surface area contributed by atoms with Crippen LogP contribution in [0.5, 0.6) is 0 Å². The van der Waals surface area contributed by atoms with E-state index in [9.17, 15) is 9.59 Å². The summed E-state index contributed by atoms with van der Waals surface area (Å²) in [4.78, 5) is 23.4. The standard InChI is InChI=1S/C20H36O6/c1-15(2)9-6-5-7-12-23-19(21)25-17-10-8-11-18(13-17)26-20(22)24-14-16(3)4/h15-18H,5-14H2,1-4H3. The van der Waals surface area contributed by atoms with Gasteiger partial charge in [-0.15, -0.1) is 0 Å². The fourth-order valence-corrected chi connectivity index (χ4v) is 2.88. The Hall–Kier alpha value is -1.46. The molecule has 0 spiro atoms. The molecule has 0 aromatic rings. The molecule has 1 fully saturated rings. The Kier molecular flexibility index (Phi) is 11.1. The molecule has 6 nitrogen and oxygen atoms in total. The summed E-state index contributed by atoms with van der Waals surface area (Å²) in [5.74, 6) is 0.982. The Morgan fingerprint density at radius 3 is 2.04 bits per heavy atom. The van der Waals surface area contributed by atoms with Crippen LogP contribution >= 0.6 is 0 Å². The van der Waals surface area contributed by atoms with Crippen LogP contribution in [0.3, 0.4) is 0 Å². The van der Waals surface area contributed by atoms with E-state index < -0.39 is 12.3 Å². The molecule has 152 valence electrons. The van der Waals surface area contributed by atoms with Gasteiger partial charge in [0.2, 0.25) is 0 Å². The van der Waals surface area contributed by atoms with E-state index in [1.54, 1.807) is 0 Å². The minimum absolute atomic E-state index is 0.264. The van der Waals surface area contributed by atoms with Crippen molar-refractivity contribution in [2.24, 2.45) is 11.8 Å². The summed E-state index contributed by atoms with van der Waals surface area (Å²) in [5, 5.41) is 0. The molecule has 1 aliphatic carbocycles. The predicted molar refractivity (Wildman–Crippen MR) is 99.1 cm³/mol. The Balaban J connectivity index is 2.15.